The van der Waals surface area contributed by atoms with Crippen LogP contribution in [0.4, 0.5) is 0 Å². The first-order valence-electron chi connectivity index (χ1n) is 6.13. The van der Waals surface area contributed by atoms with E-state index in [-0.39, 0.29) is 11.3 Å². The number of amides is 1. The van der Waals surface area contributed by atoms with Crippen LogP contribution < -0.4 is 0 Å². The van der Waals surface area contributed by atoms with Gasteiger partial charge in [-0.1, -0.05) is 24.3 Å². The van der Waals surface area contributed by atoms with E-state index in [9.17, 15) is 4.79 Å². The van der Waals surface area contributed by atoms with Crippen molar-refractivity contribution in [2.24, 2.45) is 0 Å². The minimum atomic E-state index is 0.225. The Morgan fingerprint density at radius 1 is 1.35 bits per heavy atom. The Bertz CT molecular complexity index is 397. The molecule has 1 saturated heterocycles. The first-order chi connectivity index (χ1) is 8.16. The molecule has 1 aromatic carbocycles. The molecule has 1 heterocycles. The van der Waals surface area contributed by atoms with E-state index in [1.807, 2.05) is 36.1 Å². The van der Waals surface area contributed by atoms with E-state index in [4.69, 9.17) is 11.6 Å². The zero-order valence-corrected chi connectivity index (χ0v) is 10.9. The van der Waals surface area contributed by atoms with Crippen LogP contribution in [0.25, 0.3) is 0 Å². The summed E-state index contributed by atoms with van der Waals surface area (Å²) in [4.78, 5) is 14.0. The Labute approximate surface area is 108 Å². The van der Waals surface area contributed by atoms with Crippen molar-refractivity contribution in [3.8, 4) is 0 Å². The molecule has 92 valence electrons. The van der Waals surface area contributed by atoms with Gasteiger partial charge in [-0.25, -0.2) is 0 Å². The Kier molecular flexibility index (Phi) is 4.06. The van der Waals surface area contributed by atoms with Crippen molar-refractivity contribution in [3.05, 3.63) is 35.4 Å². The number of carbonyl (C=O) groups excluding carboxylic acids is 1. The average Bonchev–Trinajstić information content (AvgIpc) is 2.33. The molecule has 0 atom stereocenters. The maximum atomic E-state index is 12.1. The van der Waals surface area contributed by atoms with Crippen molar-refractivity contribution in [2.75, 3.05) is 13.1 Å². The molecule has 1 aromatic rings. The quantitative estimate of drug-likeness (QED) is 0.741. The summed E-state index contributed by atoms with van der Waals surface area (Å²) in [5.74, 6) is 0.225. The summed E-state index contributed by atoms with van der Waals surface area (Å²) < 4.78 is 0. The summed E-state index contributed by atoms with van der Waals surface area (Å²) in [6, 6.07) is 8.07. The summed E-state index contributed by atoms with van der Waals surface area (Å²) in [6.45, 7) is 3.66. The van der Waals surface area contributed by atoms with Crippen molar-refractivity contribution < 1.29 is 4.79 Å². The van der Waals surface area contributed by atoms with E-state index < -0.39 is 0 Å². The third kappa shape index (κ3) is 3.22. The fraction of sp³-hybridized carbons (Fsp3) is 0.500. The standard InChI is InChI=1S/C14H18ClNO/c1-11-4-2-3-5-12(11)10-14(17)16-8-6-13(15)7-9-16/h2-5,13H,6-10H2,1H3. The Morgan fingerprint density at radius 3 is 2.65 bits per heavy atom. The van der Waals surface area contributed by atoms with Crippen LogP contribution >= 0.6 is 11.6 Å². The number of hydrogen-bond acceptors (Lipinski definition) is 1. The zero-order valence-electron chi connectivity index (χ0n) is 10.2. The molecule has 0 unspecified atom stereocenters. The van der Waals surface area contributed by atoms with Gasteiger partial charge in [-0.15, -0.1) is 11.6 Å². The molecule has 0 bridgehead atoms. The maximum absolute atomic E-state index is 12.1. The van der Waals surface area contributed by atoms with Gasteiger partial charge >= 0.3 is 0 Å². The fourth-order valence-corrected chi connectivity index (χ4v) is 2.38. The van der Waals surface area contributed by atoms with Gasteiger partial charge in [-0.2, -0.15) is 0 Å². The fourth-order valence-electron chi connectivity index (χ4n) is 2.18. The van der Waals surface area contributed by atoms with Gasteiger partial charge in [0, 0.05) is 18.5 Å². The van der Waals surface area contributed by atoms with Crippen LogP contribution in [-0.2, 0) is 11.2 Å². The predicted molar refractivity (Wildman–Crippen MR) is 70.3 cm³/mol. The second-order valence-corrected chi connectivity index (χ2v) is 5.28. The molecule has 1 fully saturated rings. The monoisotopic (exact) mass is 251 g/mol. The predicted octanol–water partition coefficient (Wildman–Crippen LogP) is 2.77. The van der Waals surface area contributed by atoms with Gasteiger partial charge in [0.15, 0.2) is 0 Å². The lowest BCUT2D eigenvalue weighted by Gasteiger charge is -2.29. The zero-order chi connectivity index (χ0) is 12.3. The van der Waals surface area contributed by atoms with Crippen LogP contribution in [0.3, 0.4) is 0 Å². The first kappa shape index (κ1) is 12.4. The van der Waals surface area contributed by atoms with Gasteiger partial charge in [0.2, 0.25) is 5.91 Å². The van der Waals surface area contributed by atoms with E-state index >= 15 is 0 Å². The SMILES string of the molecule is Cc1ccccc1CC(=O)N1CCC(Cl)CC1. The normalized spacial score (nSPS) is 17.2. The highest BCUT2D eigenvalue weighted by Gasteiger charge is 2.21. The van der Waals surface area contributed by atoms with Gasteiger partial charge in [0.25, 0.3) is 0 Å². The average molecular weight is 252 g/mol. The molecule has 17 heavy (non-hydrogen) atoms. The van der Waals surface area contributed by atoms with E-state index in [0.717, 1.165) is 31.5 Å². The molecular formula is C14H18ClNO. The summed E-state index contributed by atoms with van der Waals surface area (Å²) in [6.07, 6.45) is 2.35. The number of piperidine rings is 1. The largest absolute Gasteiger partial charge is 0.342 e. The molecule has 0 spiro atoms. The van der Waals surface area contributed by atoms with Gasteiger partial charge in [0.05, 0.1) is 6.42 Å². The van der Waals surface area contributed by atoms with Gasteiger partial charge in [0.1, 0.15) is 0 Å². The minimum absolute atomic E-state index is 0.225. The molecular weight excluding hydrogens is 234 g/mol. The number of nitrogens with zero attached hydrogens (tertiary/aromatic N) is 1. The number of rotatable bonds is 2. The van der Waals surface area contributed by atoms with Crippen molar-refractivity contribution in [2.45, 2.75) is 31.6 Å². The van der Waals surface area contributed by atoms with Gasteiger partial charge < -0.3 is 4.90 Å². The molecule has 3 heteroatoms. The third-order valence-corrected chi connectivity index (χ3v) is 3.82. The van der Waals surface area contributed by atoms with Crippen LogP contribution in [0.5, 0.6) is 0 Å². The summed E-state index contributed by atoms with van der Waals surface area (Å²) in [5, 5.41) is 0.248. The minimum Gasteiger partial charge on any atom is -0.342 e. The number of benzene rings is 1. The molecule has 2 rings (SSSR count). The Morgan fingerprint density at radius 2 is 2.00 bits per heavy atom. The highest BCUT2D eigenvalue weighted by atomic mass is 35.5. The van der Waals surface area contributed by atoms with Crippen molar-refractivity contribution in [1.82, 2.24) is 4.90 Å². The third-order valence-electron chi connectivity index (χ3n) is 3.38. The molecule has 0 saturated carbocycles. The van der Waals surface area contributed by atoms with E-state index in [1.54, 1.807) is 0 Å². The van der Waals surface area contributed by atoms with Crippen molar-refractivity contribution >= 4 is 17.5 Å². The van der Waals surface area contributed by atoms with Crippen LogP contribution in [-0.4, -0.2) is 29.3 Å². The molecule has 0 aliphatic carbocycles. The van der Waals surface area contributed by atoms with E-state index in [0.29, 0.717) is 6.42 Å². The topological polar surface area (TPSA) is 20.3 Å². The molecule has 1 amide bonds. The lowest BCUT2D eigenvalue weighted by atomic mass is 10.0. The molecule has 1 aliphatic heterocycles. The second-order valence-electron chi connectivity index (χ2n) is 4.66. The van der Waals surface area contributed by atoms with Gasteiger partial charge in [-0.3, -0.25) is 4.79 Å². The Hall–Kier alpha value is -1.02. The van der Waals surface area contributed by atoms with Crippen molar-refractivity contribution in [1.29, 1.82) is 0 Å². The number of alkyl halides is 1. The maximum Gasteiger partial charge on any atom is 0.227 e. The molecule has 0 aromatic heterocycles. The molecule has 2 nitrogen and oxygen atoms in total. The summed E-state index contributed by atoms with van der Waals surface area (Å²) >= 11 is 6.03. The number of hydrogen-bond donors (Lipinski definition) is 0. The highest BCUT2D eigenvalue weighted by molar-refractivity contribution is 6.20. The van der Waals surface area contributed by atoms with Crippen LogP contribution in [0.1, 0.15) is 24.0 Å². The smallest absolute Gasteiger partial charge is 0.227 e. The summed E-state index contributed by atoms with van der Waals surface area (Å²) in [7, 11) is 0. The van der Waals surface area contributed by atoms with Crippen LogP contribution in [0, 0.1) is 6.92 Å². The van der Waals surface area contributed by atoms with Crippen LogP contribution in [0.15, 0.2) is 24.3 Å². The number of likely N-dealkylation sites (tertiary alicyclic amines) is 1. The summed E-state index contributed by atoms with van der Waals surface area (Å²) in [5.41, 5.74) is 2.32. The van der Waals surface area contributed by atoms with E-state index in [2.05, 4.69) is 0 Å². The molecule has 0 N–H and O–H groups in total. The number of aryl methyl sites for hydroxylation is 1. The van der Waals surface area contributed by atoms with Crippen molar-refractivity contribution in [3.63, 3.8) is 0 Å². The Balaban J connectivity index is 1.95. The van der Waals surface area contributed by atoms with Gasteiger partial charge in [-0.05, 0) is 30.9 Å². The second kappa shape index (κ2) is 5.54. The number of carbonyl (C=O) groups is 1. The lowest BCUT2D eigenvalue weighted by molar-refractivity contribution is -0.131. The van der Waals surface area contributed by atoms with Crippen LogP contribution in [0.2, 0.25) is 0 Å². The lowest BCUT2D eigenvalue weighted by Crippen LogP contribution is -2.39. The highest BCUT2D eigenvalue weighted by Crippen LogP contribution is 2.17. The first-order valence-corrected chi connectivity index (χ1v) is 6.57. The molecule has 0 radical (unpaired) electrons. The molecule has 1 aliphatic rings. The van der Waals surface area contributed by atoms with E-state index in [1.165, 1.54) is 5.56 Å². The number of halogens is 1.